The van der Waals surface area contributed by atoms with Crippen LogP contribution in [0.3, 0.4) is 0 Å². The zero-order valence-corrected chi connectivity index (χ0v) is 16.3. The summed E-state index contributed by atoms with van der Waals surface area (Å²) < 4.78 is 6.98. The SMILES string of the molecule is COc1ccc2cc([C@@H]3SC(C)=Nc4c3c(=O)[nH]n4C(C)C)c(=O)[nH]c2c1. The van der Waals surface area contributed by atoms with Crippen LogP contribution in [0.25, 0.3) is 10.9 Å². The van der Waals surface area contributed by atoms with Crippen LogP contribution in [0.1, 0.15) is 43.2 Å². The summed E-state index contributed by atoms with van der Waals surface area (Å²) in [6, 6.07) is 7.43. The Labute approximate surface area is 159 Å². The van der Waals surface area contributed by atoms with Crippen LogP contribution in [0.2, 0.25) is 0 Å². The van der Waals surface area contributed by atoms with Crippen LogP contribution in [0.15, 0.2) is 38.8 Å². The van der Waals surface area contributed by atoms with Gasteiger partial charge in [0.05, 0.1) is 28.5 Å². The number of hydrogen-bond acceptors (Lipinski definition) is 5. The van der Waals surface area contributed by atoms with Crippen LogP contribution in [0.4, 0.5) is 5.82 Å². The quantitative estimate of drug-likeness (QED) is 0.723. The maximum absolute atomic E-state index is 12.8. The molecule has 0 spiro atoms. The molecular formula is C19H20N4O3S. The van der Waals surface area contributed by atoms with Crippen LogP contribution >= 0.6 is 11.8 Å². The number of hydrogen-bond donors (Lipinski definition) is 2. The molecule has 0 amide bonds. The topological polar surface area (TPSA) is 92.2 Å². The molecule has 0 fully saturated rings. The second kappa shape index (κ2) is 6.45. The first-order chi connectivity index (χ1) is 12.9. The van der Waals surface area contributed by atoms with Gasteiger partial charge < -0.3 is 9.72 Å². The van der Waals surface area contributed by atoms with Gasteiger partial charge in [-0.05, 0) is 44.4 Å². The number of pyridine rings is 1. The van der Waals surface area contributed by atoms with E-state index in [4.69, 9.17) is 4.74 Å². The van der Waals surface area contributed by atoms with Crippen molar-refractivity contribution in [2.45, 2.75) is 32.1 Å². The minimum atomic E-state index is -0.406. The highest BCUT2D eigenvalue weighted by Crippen LogP contribution is 2.43. The number of rotatable bonds is 3. The molecule has 1 aromatic carbocycles. The minimum Gasteiger partial charge on any atom is -0.497 e. The van der Waals surface area contributed by atoms with Gasteiger partial charge in [-0.25, -0.2) is 4.99 Å². The van der Waals surface area contributed by atoms with E-state index in [-0.39, 0.29) is 17.2 Å². The number of benzene rings is 1. The third-order valence-electron chi connectivity index (χ3n) is 4.63. The van der Waals surface area contributed by atoms with Gasteiger partial charge in [0.25, 0.3) is 11.1 Å². The van der Waals surface area contributed by atoms with Gasteiger partial charge in [-0.15, -0.1) is 0 Å². The van der Waals surface area contributed by atoms with Gasteiger partial charge in [0, 0.05) is 17.7 Å². The number of nitrogens with one attached hydrogen (secondary N) is 2. The van der Waals surface area contributed by atoms with Crippen molar-refractivity contribution >= 4 is 33.5 Å². The van der Waals surface area contributed by atoms with E-state index < -0.39 is 5.25 Å². The molecule has 0 radical (unpaired) electrons. The molecule has 27 heavy (non-hydrogen) atoms. The molecule has 0 unspecified atom stereocenters. The van der Waals surface area contributed by atoms with Crippen molar-refractivity contribution in [2.75, 3.05) is 7.11 Å². The zero-order chi connectivity index (χ0) is 19.3. The van der Waals surface area contributed by atoms with Crippen molar-refractivity contribution in [3.05, 3.63) is 56.1 Å². The molecule has 3 heterocycles. The molecule has 2 aromatic heterocycles. The molecule has 1 atom stereocenters. The highest BCUT2D eigenvalue weighted by molar-refractivity contribution is 8.14. The first kappa shape index (κ1) is 17.7. The number of methoxy groups -OCH3 is 1. The van der Waals surface area contributed by atoms with Gasteiger partial charge in [0.2, 0.25) is 0 Å². The van der Waals surface area contributed by atoms with Crippen LogP contribution < -0.4 is 15.9 Å². The van der Waals surface area contributed by atoms with E-state index in [1.165, 1.54) is 11.8 Å². The molecule has 3 aromatic rings. The predicted octanol–water partition coefficient (Wildman–Crippen LogP) is 3.49. The highest BCUT2D eigenvalue weighted by Gasteiger charge is 2.32. The molecule has 0 saturated carbocycles. The van der Waals surface area contributed by atoms with Crippen molar-refractivity contribution in [3.63, 3.8) is 0 Å². The van der Waals surface area contributed by atoms with E-state index in [9.17, 15) is 9.59 Å². The fourth-order valence-electron chi connectivity index (χ4n) is 3.32. The van der Waals surface area contributed by atoms with Crippen LogP contribution in [0.5, 0.6) is 5.75 Å². The number of H-pyrrole nitrogens is 2. The Morgan fingerprint density at radius 1 is 1.22 bits per heavy atom. The van der Waals surface area contributed by atoms with E-state index in [0.29, 0.717) is 28.2 Å². The lowest BCUT2D eigenvalue weighted by atomic mass is 10.1. The molecule has 4 rings (SSSR count). The monoisotopic (exact) mass is 384 g/mol. The van der Waals surface area contributed by atoms with Gasteiger partial charge in [0.1, 0.15) is 5.75 Å². The second-order valence-electron chi connectivity index (χ2n) is 6.78. The van der Waals surface area contributed by atoms with Gasteiger partial charge >= 0.3 is 0 Å². The molecular weight excluding hydrogens is 364 g/mol. The number of aromatic nitrogens is 3. The summed E-state index contributed by atoms with van der Waals surface area (Å²) in [7, 11) is 1.58. The molecule has 1 aliphatic heterocycles. The maximum atomic E-state index is 12.8. The Kier molecular flexibility index (Phi) is 4.22. The van der Waals surface area contributed by atoms with Crippen molar-refractivity contribution in [3.8, 4) is 5.75 Å². The fourth-order valence-corrected chi connectivity index (χ4v) is 4.43. The summed E-state index contributed by atoms with van der Waals surface area (Å²) in [6.45, 7) is 5.85. The second-order valence-corrected chi connectivity index (χ2v) is 8.08. The Hall–Kier alpha value is -2.74. The standard InChI is InChI=1S/C19H20N4O3S/c1-9(2)23-17-15(19(25)22-23)16(27-10(3)20-17)13-7-11-5-6-12(26-4)8-14(11)21-18(13)24/h5-9,16H,1-4H3,(H,21,24)(H,22,25)/t16-/m0/s1. The van der Waals surface area contributed by atoms with Crippen LogP contribution in [-0.4, -0.2) is 26.9 Å². The smallest absolute Gasteiger partial charge is 0.271 e. The summed E-state index contributed by atoms with van der Waals surface area (Å²) in [6.07, 6.45) is 0. The lowest BCUT2D eigenvalue weighted by Gasteiger charge is -2.21. The Bertz CT molecular complexity index is 1190. The minimum absolute atomic E-state index is 0.0594. The molecule has 140 valence electrons. The fraction of sp³-hybridized carbons (Fsp3) is 0.316. The number of nitrogens with zero attached hydrogens (tertiary/aromatic N) is 2. The van der Waals surface area contributed by atoms with E-state index in [0.717, 1.165) is 10.4 Å². The summed E-state index contributed by atoms with van der Waals surface area (Å²) >= 11 is 1.42. The van der Waals surface area contributed by atoms with Crippen molar-refractivity contribution < 1.29 is 4.74 Å². The summed E-state index contributed by atoms with van der Waals surface area (Å²) in [5.41, 5.74) is 1.34. The average Bonchev–Trinajstić information content (AvgIpc) is 2.96. The normalized spacial score (nSPS) is 16.5. The molecule has 0 aliphatic carbocycles. The van der Waals surface area contributed by atoms with Crippen molar-refractivity contribution in [1.29, 1.82) is 0 Å². The Balaban J connectivity index is 1.93. The average molecular weight is 384 g/mol. The zero-order valence-electron chi connectivity index (χ0n) is 15.5. The number of ether oxygens (including phenoxy) is 1. The largest absolute Gasteiger partial charge is 0.497 e. The molecule has 2 N–H and O–H groups in total. The van der Waals surface area contributed by atoms with Crippen molar-refractivity contribution in [2.24, 2.45) is 4.99 Å². The predicted molar refractivity (Wildman–Crippen MR) is 109 cm³/mol. The lowest BCUT2D eigenvalue weighted by Crippen LogP contribution is -2.21. The van der Waals surface area contributed by atoms with Crippen LogP contribution in [0, 0.1) is 0 Å². The van der Waals surface area contributed by atoms with Crippen LogP contribution in [-0.2, 0) is 0 Å². The van der Waals surface area contributed by atoms with Gasteiger partial charge in [0.15, 0.2) is 5.82 Å². The highest BCUT2D eigenvalue weighted by atomic mass is 32.2. The third-order valence-corrected chi connectivity index (χ3v) is 5.79. The summed E-state index contributed by atoms with van der Waals surface area (Å²) in [5.74, 6) is 1.28. The number of thioether (sulfide) groups is 1. The molecule has 7 nitrogen and oxygen atoms in total. The third kappa shape index (κ3) is 2.90. The summed E-state index contributed by atoms with van der Waals surface area (Å²) in [5, 5.41) is 4.15. The lowest BCUT2D eigenvalue weighted by molar-refractivity contribution is 0.415. The van der Waals surface area contributed by atoms with Crippen molar-refractivity contribution in [1.82, 2.24) is 14.8 Å². The summed E-state index contributed by atoms with van der Waals surface area (Å²) in [4.78, 5) is 33.0. The van der Waals surface area contributed by atoms with E-state index in [1.54, 1.807) is 17.9 Å². The molecule has 1 aliphatic rings. The maximum Gasteiger partial charge on any atom is 0.271 e. The Morgan fingerprint density at radius 3 is 2.70 bits per heavy atom. The van der Waals surface area contributed by atoms with Gasteiger partial charge in [-0.3, -0.25) is 19.4 Å². The van der Waals surface area contributed by atoms with Gasteiger partial charge in [-0.2, -0.15) is 0 Å². The molecule has 0 bridgehead atoms. The number of aromatic amines is 2. The van der Waals surface area contributed by atoms with Gasteiger partial charge in [-0.1, -0.05) is 11.8 Å². The van der Waals surface area contributed by atoms with E-state index >= 15 is 0 Å². The van der Waals surface area contributed by atoms with E-state index in [2.05, 4.69) is 15.1 Å². The Morgan fingerprint density at radius 2 is 2.00 bits per heavy atom. The number of fused-ring (bicyclic) bond motifs is 2. The molecule has 0 saturated heterocycles. The van der Waals surface area contributed by atoms with E-state index in [1.807, 2.05) is 39.0 Å². The number of aliphatic imine (C=N–C) groups is 1. The first-order valence-corrected chi connectivity index (χ1v) is 9.54. The first-order valence-electron chi connectivity index (χ1n) is 8.66. The molecule has 8 heteroatoms.